The SMILES string of the molecule is CCC(COCC1CO1)COCC1CO1. The summed E-state index contributed by atoms with van der Waals surface area (Å²) >= 11 is 0. The van der Waals surface area contributed by atoms with Crippen molar-refractivity contribution in [2.24, 2.45) is 5.92 Å². The lowest BCUT2D eigenvalue weighted by Gasteiger charge is -2.14. The average Bonchev–Trinajstić information content (AvgIpc) is 3.09. The summed E-state index contributed by atoms with van der Waals surface area (Å²) in [6.45, 7) is 6.94. The second kappa shape index (κ2) is 5.80. The molecule has 2 heterocycles. The molecular formula is C11H20O4. The van der Waals surface area contributed by atoms with Crippen LogP contribution < -0.4 is 0 Å². The monoisotopic (exact) mass is 216 g/mol. The van der Waals surface area contributed by atoms with Crippen LogP contribution in [0.2, 0.25) is 0 Å². The lowest BCUT2D eigenvalue weighted by molar-refractivity contribution is 0.0285. The highest BCUT2D eigenvalue weighted by Gasteiger charge is 2.24. The van der Waals surface area contributed by atoms with E-state index in [2.05, 4.69) is 6.92 Å². The van der Waals surface area contributed by atoms with E-state index in [-0.39, 0.29) is 0 Å². The zero-order valence-electron chi connectivity index (χ0n) is 9.31. The lowest BCUT2D eigenvalue weighted by Crippen LogP contribution is -2.18. The second-order valence-electron chi connectivity index (χ2n) is 4.26. The van der Waals surface area contributed by atoms with Gasteiger partial charge in [0, 0.05) is 5.92 Å². The molecule has 2 aliphatic heterocycles. The average molecular weight is 216 g/mol. The van der Waals surface area contributed by atoms with Gasteiger partial charge < -0.3 is 18.9 Å². The molecule has 0 aromatic carbocycles. The zero-order chi connectivity index (χ0) is 10.5. The first kappa shape index (κ1) is 11.3. The molecule has 2 unspecified atom stereocenters. The van der Waals surface area contributed by atoms with Crippen molar-refractivity contribution in [3.63, 3.8) is 0 Å². The van der Waals surface area contributed by atoms with Crippen LogP contribution in [0.15, 0.2) is 0 Å². The molecule has 0 aromatic heterocycles. The Kier molecular flexibility index (Phi) is 4.38. The first-order valence-electron chi connectivity index (χ1n) is 5.77. The van der Waals surface area contributed by atoms with E-state index >= 15 is 0 Å². The van der Waals surface area contributed by atoms with E-state index in [1.165, 1.54) is 0 Å². The predicted octanol–water partition coefficient (Wildman–Crippen LogP) is 0.843. The molecule has 2 rings (SSSR count). The molecule has 0 amide bonds. The van der Waals surface area contributed by atoms with E-state index in [0.717, 1.165) is 46.1 Å². The smallest absolute Gasteiger partial charge is 0.104 e. The maximum absolute atomic E-state index is 5.55. The fourth-order valence-electron chi connectivity index (χ4n) is 1.34. The summed E-state index contributed by atoms with van der Waals surface area (Å²) in [4.78, 5) is 0. The van der Waals surface area contributed by atoms with Gasteiger partial charge in [-0.3, -0.25) is 0 Å². The summed E-state index contributed by atoms with van der Waals surface area (Å²) in [5, 5.41) is 0. The number of rotatable bonds is 9. The molecule has 0 spiro atoms. The minimum atomic E-state index is 0.364. The summed E-state index contributed by atoms with van der Waals surface area (Å²) < 4.78 is 21.2. The fraction of sp³-hybridized carbons (Fsp3) is 1.00. The van der Waals surface area contributed by atoms with Crippen LogP contribution in [0.25, 0.3) is 0 Å². The van der Waals surface area contributed by atoms with Crippen molar-refractivity contribution < 1.29 is 18.9 Å². The minimum absolute atomic E-state index is 0.364. The maximum Gasteiger partial charge on any atom is 0.104 e. The summed E-state index contributed by atoms with van der Waals surface area (Å²) in [6, 6.07) is 0. The van der Waals surface area contributed by atoms with Gasteiger partial charge in [-0.25, -0.2) is 0 Å². The van der Waals surface area contributed by atoms with Crippen LogP contribution >= 0.6 is 0 Å². The molecule has 2 saturated heterocycles. The summed E-state index contributed by atoms with van der Waals surface area (Å²) in [6.07, 6.45) is 1.82. The second-order valence-corrected chi connectivity index (χ2v) is 4.26. The van der Waals surface area contributed by atoms with Crippen molar-refractivity contribution in [1.82, 2.24) is 0 Å². The van der Waals surface area contributed by atoms with Gasteiger partial charge in [0.2, 0.25) is 0 Å². The van der Waals surface area contributed by atoms with Crippen molar-refractivity contribution in [1.29, 1.82) is 0 Å². The standard InChI is InChI=1S/C11H20O4/c1-2-9(3-12-5-10-7-14-10)4-13-6-11-8-15-11/h9-11H,2-8H2,1H3. The van der Waals surface area contributed by atoms with E-state index in [9.17, 15) is 0 Å². The van der Waals surface area contributed by atoms with Crippen molar-refractivity contribution >= 4 is 0 Å². The van der Waals surface area contributed by atoms with Crippen molar-refractivity contribution in [3.05, 3.63) is 0 Å². The van der Waals surface area contributed by atoms with E-state index in [0.29, 0.717) is 18.1 Å². The summed E-state index contributed by atoms with van der Waals surface area (Å²) in [5.41, 5.74) is 0. The summed E-state index contributed by atoms with van der Waals surface area (Å²) in [5.74, 6) is 0.502. The van der Waals surface area contributed by atoms with Gasteiger partial charge in [-0.1, -0.05) is 6.92 Å². The Balaban J connectivity index is 1.45. The molecular weight excluding hydrogens is 196 g/mol. The van der Waals surface area contributed by atoms with Crippen LogP contribution in [0.4, 0.5) is 0 Å². The third kappa shape index (κ3) is 4.93. The molecule has 0 aliphatic carbocycles. The van der Waals surface area contributed by atoms with E-state index in [1.807, 2.05) is 0 Å². The molecule has 0 N–H and O–H groups in total. The Morgan fingerprint density at radius 3 is 1.87 bits per heavy atom. The third-order valence-corrected chi connectivity index (χ3v) is 2.70. The Morgan fingerprint density at radius 2 is 1.53 bits per heavy atom. The highest BCUT2D eigenvalue weighted by Crippen LogP contribution is 2.12. The third-order valence-electron chi connectivity index (χ3n) is 2.70. The Bertz CT molecular complexity index is 159. The van der Waals surface area contributed by atoms with Crippen LogP contribution in [-0.2, 0) is 18.9 Å². The maximum atomic E-state index is 5.55. The molecule has 0 saturated carbocycles. The molecule has 2 fully saturated rings. The van der Waals surface area contributed by atoms with Gasteiger partial charge in [0.05, 0.1) is 39.6 Å². The first-order valence-corrected chi connectivity index (χ1v) is 5.77. The highest BCUT2D eigenvalue weighted by molar-refractivity contribution is 4.69. The molecule has 4 nitrogen and oxygen atoms in total. The number of hydrogen-bond acceptors (Lipinski definition) is 4. The summed E-state index contributed by atoms with van der Waals surface area (Å²) in [7, 11) is 0. The van der Waals surface area contributed by atoms with Gasteiger partial charge in [-0.15, -0.1) is 0 Å². The Morgan fingerprint density at radius 1 is 1.07 bits per heavy atom. The van der Waals surface area contributed by atoms with Gasteiger partial charge in [-0.2, -0.15) is 0 Å². The largest absolute Gasteiger partial charge is 0.378 e. The van der Waals surface area contributed by atoms with E-state index in [1.54, 1.807) is 0 Å². The molecule has 0 radical (unpaired) electrons. The van der Waals surface area contributed by atoms with Crippen molar-refractivity contribution in [3.8, 4) is 0 Å². The van der Waals surface area contributed by atoms with Gasteiger partial charge in [0.1, 0.15) is 12.2 Å². The topological polar surface area (TPSA) is 43.5 Å². The Hall–Kier alpha value is -0.160. The molecule has 88 valence electrons. The normalized spacial score (nSPS) is 30.2. The van der Waals surface area contributed by atoms with Crippen molar-refractivity contribution in [2.45, 2.75) is 25.6 Å². The Labute approximate surface area is 90.8 Å². The van der Waals surface area contributed by atoms with E-state index in [4.69, 9.17) is 18.9 Å². The van der Waals surface area contributed by atoms with Crippen LogP contribution in [0.1, 0.15) is 13.3 Å². The van der Waals surface area contributed by atoms with Crippen LogP contribution in [0.3, 0.4) is 0 Å². The fourth-order valence-corrected chi connectivity index (χ4v) is 1.34. The van der Waals surface area contributed by atoms with Crippen LogP contribution in [-0.4, -0.2) is 51.8 Å². The van der Waals surface area contributed by atoms with Crippen LogP contribution in [0, 0.1) is 5.92 Å². The van der Waals surface area contributed by atoms with Gasteiger partial charge in [0.25, 0.3) is 0 Å². The van der Waals surface area contributed by atoms with Gasteiger partial charge >= 0.3 is 0 Å². The van der Waals surface area contributed by atoms with Gasteiger partial charge in [-0.05, 0) is 6.42 Å². The molecule has 2 aliphatic rings. The molecule has 0 bridgehead atoms. The highest BCUT2D eigenvalue weighted by atomic mass is 16.6. The number of ether oxygens (including phenoxy) is 4. The molecule has 15 heavy (non-hydrogen) atoms. The number of hydrogen-bond donors (Lipinski definition) is 0. The van der Waals surface area contributed by atoms with Crippen molar-refractivity contribution in [2.75, 3.05) is 39.6 Å². The first-order chi connectivity index (χ1) is 7.38. The molecule has 0 aromatic rings. The van der Waals surface area contributed by atoms with E-state index < -0.39 is 0 Å². The zero-order valence-corrected chi connectivity index (χ0v) is 9.31. The van der Waals surface area contributed by atoms with Gasteiger partial charge in [0.15, 0.2) is 0 Å². The molecule has 2 atom stereocenters. The predicted molar refractivity (Wildman–Crippen MR) is 54.9 cm³/mol. The quantitative estimate of drug-likeness (QED) is 0.536. The minimum Gasteiger partial charge on any atom is -0.378 e. The molecule has 4 heteroatoms. The number of epoxide rings is 2. The van der Waals surface area contributed by atoms with Crippen LogP contribution in [0.5, 0.6) is 0 Å². The lowest BCUT2D eigenvalue weighted by atomic mass is 10.1.